The summed E-state index contributed by atoms with van der Waals surface area (Å²) in [5.41, 5.74) is 1.22. The van der Waals surface area contributed by atoms with Crippen molar-refractivity contribution in [3.05, 3.63) is 40.3 Å². The van der Waals surface area contributed by atoms with Gasteiger partial charge in [0, 0.05) is 5.92 Å². The van der Waals surface area contributed by atoms with Crippen molar-refractivity contribution >= 4 is 6.29 Å². The Balaban J connectivity index is 2.32. The van der Waals surface area contributed by atoms with E-state index >= 15 is 0 Å². The van der Waals surface area contributed by atoms with Crippen molar-refractivity contribution in [3.8, 4) is 0 Å². The molecule has 0 radical (unpaired) electrons. The predicted octanol–water partition coefficient (Wildman–Crippen LogP) is 2.19. The van der Waals surface area contributed by atoms with Crippen LogP contribution in [0.5, 0.6) is 0 Å². The van der Waals surface area contributed by atoms with Crippen LogP contribution in [0.4, 0.5) is 0 Å². The summed E-state index contributed by atoms with van der Waals surface area (Å²) in [4.78, 5) is 21.3. The third-order valence-corrected chi connectivity index (χ3v) is 2.91. The third kappa shape index (κ3) is 1.16. The normalized spacial score (nSPS) is 29.6. The molecule has 1 fully saturated rings. The lowest BCUT2D eigenvalue weighted by atomic mass is 10.0. The van der Waals surface area contributed by atoms with E-state index in [0.29, 0.717) is 12.7 Å². The topological polar surface area (TPSA) is 46.5 Å². The number of nitroso groups, excluding NO2 is 1. The van der Waals surface area contributed by atoms with Crippen molar-refractivity contribution in [1.82, 2.24) is 0 Å². The molecule has 1 saturated carbocycles. The number of benzene rings is 1. The molecule has 0 amide bonds. The van der Waals surface area contributed by atoms with Crippen LogP contribution >= 0.6 is 0 Å². The Morgan fingerprint density at radius 1 is 1.50 bits per heavy atom. The Bertz CT molecular complexity index is 379. The van der Waals surface area contributed by atoms with Crippen LogP contribution < -0.4 is 0 Å². The second-order valence-electron chi connectivity index (χ2n) is 3.81. The quantitative estimate of drug-likeness (QED) is 0.540. The first kappa shape index (κ1) is 9.06. The highest BCUT2D eigenvalue weighted by molar-refractivity contribution is 5.73. The second kappa shape index (κ2) is 3.01. The number of nitrogens with zero attached hydrogens (tertiary/aromatic N) is 1. The Labute approximate surface area is 82.1 Å². The summed E-state index contributed by atoms with van der Waals surface area (Å²) in [7, 11) is 0. The molecule has 3 heteroatoms. The Morgan fingerprint density at radius 2 is 2.21 bits per heavy atom. The molecule has 2 rings (SSSR count). The average Bonchev–Trinajstić information content (AvgIpc) is 2.94. The fourth-order valence-electron chi connectivity index (χ4n) is 1.88. The molecule has 0 heterocycles. The van der Waals surface area contributed by atoms with Gasteiger partial charge in [0.05, 0.1) is 0 Å². The Hall–Kier alpha value is -1.51. The van der Waals surface area contributed by atoms with E-state index in [2.05, 4.69) is 5.18 Å². The van der Waals surface area contributed by atoms with Gasteiger partial charge in [-0.2, -0.15) is 0 Å². The van der Waals surface area contributed by atoms with E-state index in [0.717, 1.165) is 11.1 Å². The van der Waals surface area contributed by atoms with Crippen LogP contribution in [-0.2, 0) is 4.79 Å². The second-order valence-corrected chi connectivity index (χ2v) is 3.81. The number of hydrogen-bond donors (Lipinski definition) is 0. The van der Waals surface area contributed by atoms with Gasteiger partial charge in [-0.05, 0) is 24.5 Å². The highest BCUT2D eigenvalue weighted by Gasteiger charge is 2.58. The maximum Gasteiger partial charge on any atom is 0.165 e. The van der Waals surface area contributed by atoms with Gasteiger partial charge in [-0.1, -0.05) is 29.4 Å². The maximum atomic E-state index is 10.7. The Morgan fingerprint density at radius 3 is 2.71 bits per heavy atom. The average molecular weight is 189 g/mol. The van der Waals surface area contributed by atoms with Crippen LogP contribution in [0, 0.1) is 11.8 Å². The number of aryl methyl sites for hydroxylation is 1. The third-order valence-electron chi connectivity index (χ3n) is 2.91. The van der Waals surface area contributed by atoms with E-state index in [-0.39, 0.29) is 5.92 Å². The van der Waals surface area contributed by atoms with Crippen molar-refractivity contribution in [2.45, 2.75) is 24.8 Å². The van der Waals surface area contributed by atoms with Gasteiger partial charge in [-0.15, -0.1) is 4.91 Å². The molecule has 0 aromatic heterocycles. The molecule has 2 unspecified atom stereocenters. The van der Waals surface area contributed by atoms with Crippen molar-refractivity contribution in [2.24, 2.45) is 5.18 Å². The molecule has 0 bridgehead atoms. The highest BCUT2D eigenvalue weighted by atomic mass is 16.3. The lowest BCUT2D eigenvalue weighted by Crippen LogP contribution is -2.09. The summed E-state index contributed by atoms with van der Waals surface area (Å²) in [5.74, 6) is -0.00120. The van der Waals surface area contributed by atoms with Crippen LogP contribution in [0.3, 0.4) is 0 Å². The molecule has 1 aromatic rings. The summed E-state index contributed by atoms with van der Waals surface area (Å²) in [6.07, 6.45) is 1.24. The molecule has 1 aliphatic carbocycles. The lowest BCUT2D eigenvalue weighted by Gasteiger charge is -2.04. The number of carbonyl (C=O) groups excluding carboxylic acids is 1. The molecule has 2 atom stereocenters. The molecule has 14 heavy (non-hydrogen) atoms. The van der Waals surface area contributed by atoms with Gasteiger partial charge >= 0.3 is 0 Å². The van der Waals surface area contributed by atoms with Gasteiger partial charge in [0.25, 0.3) is 0 Å². The monoisotopic (exact) mass is 189 g/mol. The van der Waals surface area contributed by atoms with Crippen molar-refractivity contribution < 1.29 is 4.79 Å². The first-order valence-corrected chi connectivity index (χ1v) is 4.60. The summed E-state index contributed by atoms with van der Waals surface area (Å²) in [6.45, 7) is 1.98. The van der Waals surface area contributed by atoms with Crippen LogP contribution in [-0.4, -0.2) is 11.8 Å². The minimum Gasteiger partial charge on any atom is -0.300 e. The molecule has 0 aliphatic heterocycles. The van der Waals surface area contributed by atoms with Crippen molar-refractivity contribution in [1.29, 1.82) is 0 Å². The minimum atomic E-state index is -0.966. The molecule has 0 saturated heterocycles. The van der Waals surface area contributed by atoms with Crippen molar-refractivity contribution in [2.75, 3.05) is 0 Å². The van der Waals surface area contributed by atoms with Gasteiger partial charge < -0.3 is 4.79 Å². The van der Waals surface area contributed by atoms with Crippen LogP contribution in [0.25, 0.3) is 0 Å². The number of rotatable bonds is 3. The van der Waals surface area contributed by atoms with Crippen LogP contribution in [0.2, 0.25) is 0 Å². The molecular weight excluding hydrogens is 178 g/mol. The Kier molecular flexibility index (Phi) is 1.95. The van der Waals surface area contributed by atoms with Gasteiger partial charge in [-0.25, -0.2) is 0 Å². The van der Waals surface area contributed by atoms with Gasteiger partial charge in [0.1, 0.15) is 0 Å². The van der Waals surface area contributed by atoms with E-state index in [4.69, 9.17) is 0 Å². The summed E-state index contributed by atoms with van der Waals surface area (Å²) >= 11 is 0. The molecule has 1 aromatic carbocycles. The summed E-state index contributed by atoms with van der Waals surface area (Å²) in [5, 5.41) is 2.93. The first-order valence-electron chi connectivity index (χ1n) is 4.60. The van der Waals surface area contributed by atoms with E-state index in [1.165, 1.54) is 0 Å². The zero-order valence-corrected chi connectivity index (χ0v) is 7.93. The molecule has 3 nitrogen and oxygen atoms in total. The van der Waals surface area contributed by atoms with E-state index in [1.807, 2.05) is 31.2 Å². The highest BCUT2D eigenvalue weighted by Crippen LogP contribution is 2.53. The molecular formula is C11H11NO2. The number of hydrogen-bond acceptors (Lipinski definition) is 3. The largest absolute Gasteiger partial charge is 0.300 e. The lowest BCUT2D eigenvalue weighted by molar-refractivity contribution is -0.109. The van der Waals surface area contributed by atoms with E-state index in [1.54, 1.807) is 0 Å². The summed E-state index contributed by atoms with van der Waals surface area (Å²) < 4.78 is 0. The zero-order chi connectivity index (χ0) is 10.2. The number of aldehydes is 1. The van der Waals surface area contributed by atoms with Gasteiger partial charge in [-0.3, -0.25) is 0 Å². The molecule has 72 valence electrons. The standard InChI is InChI=1S/C11H11NO2/c1-8-4-2-3-5-9(8)10-6-11(10,7-13)12-14/h2-5,7,10H,6H2,1H3. The molecule has 1 aliphatic rings. The van der Waals surface area contributed by atoms with E-state index < -0.39 is 5.54 Å². The first-order chi connectivity index (χ1) is 6.73. The minimum absolute atomic E-state index is 0.00120. The predicted molar refractivity (Wildman–Crippen MR) is 53.1 cm³/mol. The smallest absolute Gasteiger partial charge is 0.165 e. The summed E-state index contributed by atoms with van der Waals surface area (Å²) in [6, 6.07) is 7.80. The fourth-order valence-corrected chi connectivity index (χ4v) is 1.88. The molecule has 0 spiro atoms. The SMILES string of the molecule is Cc1ccccc1C1CC1(C=O)N=O. The van der Waals surface area contributed by atoms with Gasteiger partial charge in [0.15, 0.2) is 11.8 Å². The fraction of sp³-hybridized carbons (Fsp3) is 0.364. The van der Waals surface area contributed by atoms with Crippen molar-refractivity contribution in [3.63, 3.8) is 0 Å². The zero-order valence-electron chi connectivity index (χ0n) is 7.93. The number of carbonyl (C=O) groups is 1. The van der Waals surface area contributed by atoms with Crippen LogP contribution in [0.1, 0.15) is 23.5 Å². The maximum absolute atomic E-state index is 10.7. The van der Waals surface area contributed by atoms with Gasteiger partial charge in [0.2, 0.25) is 0 Å². The molecule has 0 N–H and O–H groups in total. The van der Waals surface area contributed by atoms with E-state index in [9.17, 15) is 9.70 Å². The van der Waals surface area contributed by atoms with Crippen LogP contribution in [0.15, 0.2) is 29.4 Å².